The smallest absolute Gasteiger partial charge is 0.335 e. The van der Waals surface area contributed by atoms with Crippen molar-refractivity contribution in [2.75, 3.05) is 19.8 Å². The van der Waals surface area contributed by atoms with E-state index in [1.807, 2.05) is 6.92 Å². The highest BCUT2D eigenvalue weighted by atomic mass is 16.5. The molecule has 0 unspecified atom stereocenters. The molecule has 0 heterocycles. The van der Waals surface area contributed by atoms with Crippen molar-refractivity contribution >= 4 is 5.97 Å². The van der Waals surface area contributed by atoms with Crippen molar-refractivity contribution in [1.29, 1.82) is 0 Å². The first-order chi connectivity index (χ1) is 9.09. The lowest BCUT2D eigenvalue weighted by atomic mass is 10.2. The van der Waals surface area contributed by atoms with Gasteiger partial charge in [0.2, 0.25) is 0 Å². The third-order valence-electron chi connectivity index (χ3n) is 2.46. The molecule has 104 valence electrons. The van der Waals surface area contributed by atoms with E-state index >= 15 is 0 Å². The normalized spacial score (nSPS) is 10.2. The molecule has 0 spiro atoms. The predicted octanol–water partition coefficient (Wildman–Crippen LogP) is 3.14. The third-order valence-corrected chi connectivity index (χ3v) is 2.46. The third kappa shape index (κ3) is 6.62. The van der Waals surface area contributed by atoms with E-state index in [1.54, 1.807) is 12.1 Å². The zero-order valence-corrected chi connectivity index (χ0v) is 11.2. The molecule has 1 N–H and O–H groups in total. The Kier molecular flexibility index (Phi) is 6.68. The zero-order chi connectivity index (χ0) is 14.1. The van der Waals surface area contributed by atoms with Gasteiger partial charge in [-0.15, -0.1) is 6.58 Å². The zero-order valence-electron chi connectivity index (χ0n) is 11.2. The fourth-order valence-corrected chi connectivity index (χ4v) is 1.42. The van der Waals surface area contributed by atoms with Gasteiger partial charge in [-0.05, 0) is 31.5 Å². The van der Waals surface area contributed by atoms with Gasteiger partial charge in [-0.3, -0.25) is 0 Å². The average molecular weight is 264 g/mol. The Morgan fingerprint density at radius 1 is 1.32 bits per heavy atom. The molecule has 1 rings (SSSR count). The standard InChI is InChI=1S/C15H20O4/c1-12(2)7-10-18-8-4-9-19-14-6-3-5-13(11-14)15(16)17/h3,5-6,11H,1,4,7-10H2,2H3,(H,16,17). The highest BCUT2D eigenvalue weighted by molar-refractivity contribution is 5.87. The SMILES string of the molecule is C=C(C)CCOCCCOc1cccc(C(=O)O)c1. The summed E-state index contributed by atoms with van der Waals surface area (Å²) in [5.74, 6) is -0.379. The second kappa shape index (κ2) is 8.32. The van der Waals surface area contributed by atoms with Crippen molar-refractivity contribution in [2.24, 2.45) is 0 Å². The molecule has 4 nitrogen and oxygen atoms in total. The lowest BCUT2D eigenvalue weighted by molar-refractivity contribution is 0.0696. The molecule has 4 heteroatoms. The number of carboxylic acids is 1. The van der Waals surface area contributed by atoms with Gasteiger partial charge in [0, 0.05) is 13.0 Å². The van der Waals surface area contributed by atoms with Crippen LogP contribution < -0.4 is 4.74 Å². The summed E-state index contributed by atoms with van der Waals surface area (Å²) >= 11 is 0. The second-order valence-electron chi connectivity index (χ2n) is 4.35. The first kappa shape index (κ1) is 15.2. The van der Waals surface area contributed by atoms with Crippen LogP contribution in [0.2, 0.25) is 0 Å². The van der Waals surface area contributed by atoms with Crippen LogP contribution >= 0.6 is 0 Å². The molecule has 0 saturated heterocycles. The summed E-state index contributed by atoms with van der Waals surface area (Å²) in [4.78, 5) is 10.8. The molecule has 1 aromatic carbocycles. The van der Waals surface area contributed by atoms with E-state index in [0.29, 0.717) is 25.6 Å². The Bertz CT molecular complexity index is 426. The lowest BCUT2D eigenvalue weighted by Gasteiger charge is -2.07. The molecule has 0 saturated carbocycles. The number of rotatable bonds is 9. The first-order valence-corrected chi connectivity index (χ1v) is 6.28. The van der Waals surface area contributed by atoms with Crippen LogP contribution in [0.25, 0.3) is 0 Å². The van der Waals surface area contributed by atoms with E-state index < -0.39 is 5.97 Å². The number of carbonyl (C=O) groups is 1. The van der Waals surface area contributed by atoms with Crippen LogP contribution in [0.15, 0.2) is 36.4 Å². The molecule has 0 atom stereocenters. The summed E-state index contributed by atoms with van der Waals surface area (Å²) in [6.45, 7) is 7.60. The highest BCUT2D eigenvalue weighted by Crippen LogP contribution is 2.13. The van der Waals surface area contributed by atoms with Gasteiger partial charge >= 0.3 is 5.97 Å². The van der Waals surface area contributed by atoms with Crippen molar-refractivity contribution in [3.05, 3.63) is 42.0 Å². The van der Waals surface area contributed by atoms with Gasteiger partial charge in [-0.25, -0.2) is 4.79 Å². The minimum Gasteiger partial charge on any atom is -0.493 e. The van der Waals surface area contributed by atoms with E-state index in [1.165, 1.54) is 12.1 Å². The predicted molar refractivity (Wildman–Crippen MR) is 73.8 cm³/mol. The largest absolute Gasteiger partial charge is 0.493 e. The quantitative estimate of drug-likeness (QED) is 0.550. The average Bonchev–Trinajstić information content (AvgIpc) is 2.37. The summed E-state index contributed by atoms with van der Waals surface area (Å²) in [5, 5.41) is 8.84. The number of hydrogen-bond donors (Lipinski definition) is 1. The van der Waals surface area contributed by atoms with E-state index in [-0.39, 0.29) is 5.56 Å². The number of aromatic carboxylic acids is 1. The monoisotopic (exact) mass is 264 g/mol. The maximum absolute atomic E-state index is 10.8. The molecule has 19 heavy (non-hydrogen) atoms. The topological polar surface area (TPSA) is 55.8 Å². The molecule has 0 amide bonds. The van der Waals surface area contributed by atoms with Crippen LogP contribution in [0.1, 0.15) is 30.1 Å². The van der Waals surface area contributed by atoms with Gasteiger partial charge in [0.1, 0.15) is 5.75 Å². The number of benzene rings is 1. The van der Waals surface area contributed by atoms with E-state index in [9.17, 15) is 4.79 Å². The number of carboxylic acid groups (broad SMARTS) is 1. The molecule has 0 radical (unpaired) electrons. The Hall–Kier alpha value is -1.81. The molecular weight excluding hydrogens is 244 g/mol. The van der Waals surface area contributed by atoms with Gasteiger partial charge < -0.3 is 14.6 Å². The fourth-order valence-electron chi connectivity index (χ4n) is 1.42. The fraction of sp³-hybridized carbons (Fsp3) is 0.400. The molecule has 1 aromatic rings. The van der Waals surface area contributed by atoms with Crippen molar-refractivity contribution in [3.8, 4) is 5.75 Å². The Morgan fingerprint density at radius 2 is 2.11 bits per heavy atom. The summed E-state index contributed by atoms with van der Waals surface area (Å²) < 4.78 is 10.9. The number of hydrogen-bond acceptors (Lipinski definition) is 3. The van der Waals surface area contributed by atoms with Crippen LogP contribution in [-0.4, -0.2) is 30.9 Å². The summed E-state index contributed by atoms with van der Waals surface area (Å²) in [6.07, 6.45) is 1.65. The van der Waals surface area contributed by atoms with Gasteiger partial charge in [-0.2, -0.15) is 0 Å². The van der Waals surface area contributed by atoms with Gasteiger partial charge in [0.25, 0.3) is 0 Å². The minimum atomic E-state index is -0.950. The Balaban J connectivity index is 2.17. The van der Waals surface area contributed by atoms with E-state index in [0.717, 1.165) is 18.4 Å². The lowest BCUT2D eigenvalue weighted by Crippen LogP contribution is -2.05. The van der Waals surface area contributed by atoms with Gasteiger partial charge in [0.05, 0.1) is 18.8 Å². The molecule has 0 aliphatic heterocycles. The summed E-state index contributed by atoms with van der Waals surface area (Å²) in [7, 11) is 0. The van der Waals surface area contributed by atoms with Crippen molar-refractivity contribution in [3.63, 3.8) is 0 Å². The van der Waals surface area contributed by atoms with Crippen molar-refractivity contribution < 1.29 is 19.4 Å². The van der Waals surface area contributed by atoms with E-state index in [4.69, 9.17) is 14.6 Å². The first-order valence-electron chi connectivity index (χ1n) is 6.28. The van der Waals surface area contributed by atoms with Crippen molar-refractivity contribution in [2.45, 2.75) is 19.8 Å². The minimum absolute atomic E-state index is 0.232. The van der Waals surface area contributed by atoms with Crippen LogP contribution in [0.5, 0.6) is 5.75 Å². The second-order valence-corrected chi connectivity index (χ2v) is 4.35. The Labute approximate surface area is 113 Å². The van der Waals surface area contributed by atoms with Crippen LogP contribution in [0.3, 0.4) is 0 Å². The molecule has 0 aliphatic carbocycles. The molecule has 0 bridgehead atoms. The molecule has 0 fully saturated rings. The summed E-state index contributed by atoms with van der Waals surface area (Å²) in [6, 6.07) is 6.47. The van der Waals surface area contributed by atoms with Crippen LogP contribution in [0, 0.1) is 0 Å². The Morgan fingerprint density at radius 3 is 2.79 bits per heavy atom. The summed E-state index contributed by atoms with van der Waals surface area (Å²) in [5.41, 5.74) is 1.34. The molecule has 0 aliphatic rings. The molecule has 0 aromatic heterocycles. The van der Waals surface area contributed by atoms with E-state index in [2.05, 4.69) is 6.58 Å². The maximum atomic E-state index is 10.8. The van der Waals surface area contributed by atoms with Crippen LogP contribution in [0.4, 0.5) is 0 Å². The number of ether oxygens (including phenoxy) is 2. The molecular formula is C15H20O4. The van der Waals surface area contributed by atoms with Crippen molar-refractivity contribution in [1.82, 2.24) is 0 Å². The highest BCUT2D eigenvalue weighted by Gasteiger charge is 2.03. The van der Waals surface area contributed by atoms with Gasteiger partial charge in [0.15, 0.2) is 0 Å². The maximum Gasteiger partial charge on any atom is 0.335 e. The van der Waals surface area contributed by atoms with Crippen LogP contribution in [-0.2, 0) is 4.74 Å². The van der Waals surface area contributed by atoms with Gasteiger partial charge in [-0.1, -0.05) is 11.6 Å².